The lowest BCUT2D eigenvalue weighted by Crippen LogP contribution is -2.07. The van der Waals surface area contributed by atoms with E-state index in [4.69, 9.17) is 27.9 Å². The van der Waals surface area contributed by atoms with Crippen molar-refractivity contribution in [2.75, 3.05) is 0 Å². The van der Waals surface area contributed by atoms with Crippen molar-refractivity contribution < 1.29 is 4.74 Å². The second-order valence-electron chi connectivity index (χ2n) is 6.11. The van der Waals surface area contributed by atoms with E-state index in [1.807, 2.05) is 42.5 Å². The molecule has 0 bridgehead atoms. The van der Waals surface area contributed by atoms with Gasteiger partial charge in [0.05, 0.1) is 12.8 Å². The van der Waals surface area contributed by atoms with Gasteiger partial charge in [-0.15, -0.1) is 0 Å². The number of para-hydroxylation sites is 1. The molecule has 0 unspecified atom stereocenters. The van der Waals surface area contributed by atoms with Gasteiger partial charge >= 0.3 is 0 Å². The maximum atomic E-state index is 6.16. The fourth-order valence-corrected chi connectivity index (χ4v) is 3.04. The predicted molar refractivity (Wildman–Crippen MR) is 113 cm³/mol. The molecule has 5 heteroatoms. The first-order chi connectivity index (χ1) is 13.1. The van der Waals surface area contributed by atoms with Gasteiger partial charge in [0.2, 0.25) is 0 Å². The fraction of sp³-hybridized carbons (Fsp3) is 0.136. The zero-order valence-corrected chi connectivity index (χ0v) is 16.5. The number of ether oxygens (including phenoxy) is 1. The maximum Gasteiger partial charge on any atom is 0.128 e. The first-order valence-corrected chi connectivity index (χ1v) is 9.35. The Morgan fingerprint density at radius 3 is 2.37 bits per heavy atom. The Hall–Kier alpha value is -2.49. The molecule has 0 aliphatic rings. The van der Waals surface area contributed by atoms with E-state index in [0.717, 1.165) is 22.4 Å². The topological polar surface area (TPSA) is 33.6 Å². The van der Waals surface area contributed by atoms with Crippen LogP contribution in [0.15, 0.2) is 71.8 Å². The SMILES string of the molecule is Cc1ccc(COc2ccccc2/C=N/NCc2c(Cl)cccc2Cl)cc1. The van der Waals surface area contributed by atoms with E-state index >= 15 is 0 Å². The van der Waals surface area contributed by atoms with Crippen molar-refractivity contribution in [2.24, 2.45) is 5.10 Å². The molecule has 0 spiro atoms. The van der Waals surface area contributed by atoms with Crippen LogP contribution in [0, 0.1) is 6.92 Å². The summed E-state index contributed by atoms with van der Waals surface area (Å²) < 4.78 is 5.96. The second-order valence-corrected chi connectivity index (χ2v) is 6.92. The van der Waals surface area contributed by atoms with Gasteiger partial charge in [0, 0.05) is 21.2 Å². The molecule has 3 aromatic carbocycles. The molecule has 0 fully saturated rings. The highest BCUT2D eigenvalue weighted by Crippen LogP contribution is 2.24. The number of hydrazone groups is 1. The van der Waals surface area contributed by atoms with Crippen molar-refractivity contribution >= 4 is 29.4 Å². The monoisotopic (exact) mass is 398 g/mol. The molecular formula is C22H20Cl2N2O. The Balaban J connectivity index is 1.61. The van der Waals surface area contributed by atoms with E-state index in [1.165, 1.54) is 5.56 Å². The van der Waals surface area contributed by atoms with Gasteiger partial charge in [0.1, 0.15) is 12.4 Å². The van der Waals surface area contributed by atoms with Crippen LogP contribution in [-0.2, 0) is 13.2 Å². The zero-order chi connectivity index (χ0) is 19.1. The molecule has 138 valence electrons. The minimum absolute atomic E-state index is 0.446. The Labute approximate surface area is 169 Å². The molecule has 0 radical (unpaired) electrons. The normalized spacial score (nSPS) is 10.9. The Kier molecular flexibility index (Phi) is 6.74. The van der Waals surface area contributed by atoms with Crippen molar-refractivity contribution in [3.05, 3.63) is 99.0 Å². The smallest absolute Gasteiger partial charge is 0.128 e. The van der Waals surface area contributed by atoms with Crippen molar-refractivity contribution in [1.29, 1.82) is 0 Å². The summed E-state index contributed by atoms with van der Waals surface area (Å²) in [5.41, 5.74) is 7.05. The number of benzene rings is 3. The van der Waals surface area contributed by atoms with Gasteiger partial charge in [0.25, 0.3) is 0 Å². The first-order valence-electron chi connectivity index (χ1n) is 8.59. The van der Waals surface area contributed by atoms with Crippen LogP contribution in [0.2, 0.25) is 10.0 Å². The minimum Gasteiger partial charge on any atom is -0.488 e. The van der Waals surface area contributed by atoms with E-state index in [-0.39, 0.29) is 0 Å². The van der Waals surface area contributed by atoms with Crippen LogP contribution in [0.5, 0.6) is 5.75 Å². The highest BCUT2D eigenvalue weighted by molar-refractivity contribution is 6.35. The number of hydrogen-bond acceptors (Lipinski definition) is 3. The van der Waals surface area contributed by atoms with Gasteiger partial charge in [-0.2, -0.15) is 5.10 Å². The van der Waals surface area contributed by atoms with Crippen LogP contribution in [0.3, 0.4) is 0 Å². The highest BCUT2D eigenvalue weighted by atomic mass is 35.5. The highest BCUT2D eigenvalue weighted by Gasteiger charge is 2.04. The third-order valence-electron chi connectivity index (χ3n) is 4.05. The van der Waals surface area contributed by atoms with E-state index in [1.54, 1.807) is 6.21 Å². The Morgan fingerprint density at radius 1 is 0.926 bits per heavy atom. The molecule has 3 rings (SSSR count). The molecule has 1 N–H and O–H groups in total. The first kappa shape index (κ1) is 19.3. The molecule has 3 nitrogen and oxygen atoms in total. The number of hydrogen-bond donors (Lipinski definition) is 1. The zero-order valence-electron chi connectivity index (χ0n) is 15.0. The number of nitrogens with one attached hydrogen (secondary N) is 1. The molecule has 3 aromatic rings. The molecule has 0 atom stereocenters. The van der Waals surface area contributed by atoms with Crippen LogP contribution in [0.1, 0.15) is 22.3 Å². The molecule has 0 aromatic heterocycles. The van der Waals surface area contributed by atoms with Crippen molar-refractivity contribution in [2.45, 2.75) is 20.1 Å². The van der Waals surface area contributed by atoms with E-state index in [0.29, 0.717) is 23.2 Å². The summed E-state index contributed by atoms with van der Waals surface area (Å²) >= 11 is 12.3. The third kappa shape index (κ3) is 5.49. The summed E-state index contributed by atoms with van der Waals surface area (Å²) in [5, 5.41) is 5.51. The standard InChI is InChI=1S/C22H20Cl2N2O/c1-16-9-11-17(12-10-16)15-27-22-8-3-2-5-18(22)13-25-26-14-19-20(23)6-4-7-21(19)24/h2-13,26H,14-15H2,1H3/b25-13+. The van der Waals surface area contributed by atoms with E-state index in [2.05, 4.69) is 41.7 Å². The van der Waals surface area contributed by atoms with Crippen molar-refractivity contribution in [3.8, 4) is 5.75 Å². The summed E-state index contributed by atoms with van der Waals surface area (Å²) in [4.78, 5) is 0. The Morgan fingerprint density at radius 2 is 1.63 bits per heavy atom. The molecule has 0 heterocycles. The lowest BCUT2D eigenvalue weighted by molar-refractivity contribution is 0.306. The van der Waals surface area contributed by atoms with E-state index < -0.39 is 0 Å². The van der Waals surface area contributed by atoms with Gasteiger partial charge in [-0.05, 0) is 36.8 Å². The average molecular weight is 399 g/mol. The van der Waals surface area contributed by atoms with Crippen LogP contribution >= 0.6 is 23.2 Å². The number of aryl methyl sites for hydroxylation is 1. The Bertz CT molecular complexity index is 904. The molecule has 0 saturated heterocycles. The summed E-state index contributed by atoms with van der Waals surface area (Å²) in [7, 11) is 0. The fourth-order valence-electron chi connectivity index (χ4n) is 2.51. The summed E-state index contributed by atoms with van der Waals surface area (Å²) in [5.74, 6) is 0.777. The number of nitrogens with zero attached hydrogens (tertiary/aromatic N) is 1. The molecule has 27 heavy (non-hydrogen) atoms. The molecular weight excluding hydrogens is 379 g/mol. The van der Waals surface area contributed by atoms with Crippen LogP contribution in [0.25, 0.3) is 0 Å². The van der Waals surface area contributed by atoms with Crippen molar-refractivity contribution in [3.63, 3.8) is 0 Å². The average Bonchev–Trinajstić information content (AvgIpc) is 2.67. The molecule has 0 aliphatic carbocycles. The molecule has 0 saturated carbocycles. The maximum absolute atomic E-state index is 6.16. The van der Waals surface area contributed by atoms with Crippen LogP contribution < -0.4 is 10.2 Å². The lowest BCUT2D eigenvalue weighted by atomic mass is 10.1. The lowest BCUT2D eigenvalue weighted by Gasteiger charge is -2.09. The van der Waals surface area contributed by atoms with Crippen LogP contribution in [-0.4, -0.2) is 6.21 Å². The predicted octanol–water partition coefficient (Wildman–Crippen LogP) is 6.00. The van der Waals surface area contributed by atoms with E-state index in [9.17, 15) is 0 Å². The largest absolute Gasteiger partial charge is 0.488 e. The quantitative estimate of drug-likeness (QED) is 0.390. The van der Waals surface area contributed by atoms with Gasteiger partial charge in [-0.3, -0.25) is 0 Å². The van der Waals surface area contributed by atoms with Gasteiger partial charge in [-0.1, -0.05) is 71.2 Å². The minimum atomic E-state index is 0.446. The molecule has 0 amide bonds. The van der Waals surface area contributed by atoms with Gasteiger partial charge < -0.3 is 10.2 Å². The second kappa shape index (κ2) is 9.45. The van der Waals surface area contributed by atoms with Crippen molar-refractivity contribution in [1.82, 2.24) is 5.43 Å². The summed E-state index contributed by atoms with van der Waals surface area (Å²) in [6.45, 7) is 3.02. The molecule has 0 aliphatic heterocycles. The summed E-state index contributed by atoms with van der Waals surface area (Å²) in [6, 6.07) is 21.5. The third-order valence-corrected chi connectivity index (χ3v) is 4.75. The van der Waals surface area contributed by atoms with Gasteiger partial charge in [0.15, 0.2) is 0 Å². The van der Waals surface area contributed by atoms with Crippen LogP contribution in [0.4, 0.5) is 0 Å². The number of rotatable bonds is 7. The summed E-state index contributed by atoms with van der Waals surface area (Å²) in [6.07, 6.45) is 1.73. The number of halogens is 2. The van der Waals surface area contributed by atoms with Gasteiger partial charge in [-0.25, -0.2) is 0 Å².